The third kappa shape index (κ3) is 5.91. The van der Waals surface area contributed by atoms with E-state index in [0.717, 1.165) is 16.7 Å². The van der Waals surface area contributed by atoms with Crippen molar-refractivity contribution in [2.24, 2.45) is 0 Å². The van der Waals surface area contributed by atoms with E-state index in [1.165, 1.54) is 0 Å². The second-order valence-corrected chi connectivity index (χ2v) is 8.28. The Morgan fingerprint density at radius 2 is 1.71 bits per heavy atom. The van der Waals surface area contributed by atoms with Crippen molar-refractivity contribution in [3.8, 4) is 12.3 Å². The van der Waals surface area contributed by atoms with Crippen molar-refractivity contribution in [1.82, 2.24) is 4.72 Å². The Morgan fingerprint density at radius 1 is 1.07 bits per heavy atom. The van der Waals surface area contributed by atoms with Crippen LogP contribution < -0.4 is 4.72 Å². The zero-order valence-electron chi connectivity index (χ0n) is 16.5. The van der Waals surface area contributed by atoms with Gasteiger partial charge in [0.1, 0.15) is 0 Å². The minimum Gasteiger partial charge on any atom is -0.356 e. The van der Waals surface area contributed by atoms with E-state index in [0.29, 0.717) is 12.8 Å². The average Bonchev–Trinajstić information content (AvgIpc) is 2.70. The molecule has 0 heterocycles. The van der Waals surface area contributed by atoms with Crippen LogP contribution in [-0.2, 0) is 25.9 Å². The Morgan fingerprint density at radius 3 is 2.32 bits per heavy atom. The molecule has 150 valence electrons. The topological polar surface area (TPSA) is 64.6 Å². The van der Waals surface area contributed by atoms with Crippen molar-refractivity contribution in [3.05, 3.63) is 65.2 Å². The van der Waals surface area contributed by atoms with Gasteiger partial charge in [-0.3, -0.25) is 0 Å². The molecule has 0 saturated heterocycles. The number of nitrogens with one attached hydrogen (secondary N) is 1. The molecule has 0 aliphatic carbocycles. The van der Waals surface area contributed by atoms with Crippen molar-refractivity contribution in [1.29, 1.82) is 0 Å². The molecule has 1 atom stereocenters. The van der Waals surface area contributed by atoms with E-state index in [-0.39, 0.29) is 17.4 Å². The Balaban J connectivity index is 2.09. The summed E-state index contributed by atoms with van der Waals surface area (Å²) in [4.78, 5) is 0.260. The molecule has 0 saturated carbocycles. The largest absolute Gasteiger partial charge is 0.356 e. The SMILES string of the molecule is C#CC(CC(OC)OC)c1ccccc1CCNS(=O)(=O)c1ccc(C)cc1. The summed E-state index contributed by atoms with van der Waals surface area (Å²) in [7, 11) is -0.389. The van der Waals surface area contributed by atoms with Crippen molar-refractivity contribution in [3.63, 3.8) is 0 Å². The lowest BCUT2D eigenvalue weighted by Gasteiger charge is -2.20. The van der Waals surface area contributed by atoms with Gasteiger partial charge < -0.3 is 9.47 Å². The van der Waals surface area contributed by atoms with Gasteiger partial charge in [0, 0.05) is 27.2 Å². The molecule has 2 aromatic rings. The van der Waals surface area contributed by atoms with Crippen LogP contribution in [0.4, 0.5) is 0 Å². The third-order valence-corrected chi connectivity index (χ3v) is 6.08. The zero-order chi connectivity index (χ0) is 20.6. The molecule has 2 aromatic carbocycles. The number of methoxy groups -OCH3 is 2. The molecule has 0 bridgehead atoms. The average molecular weight is 402 g/mol. The second-order valence-electron chi connectivity index (χ2n) is 6.52. The first-order chi connectivity index (χ1) is 13.4. The minimum absolute atomic E-state index is 0.185. The summed E-state index contributed by atoms with van der Waals surface area (Å²) in [6, 6.07) is 14.6. The van der Waals surface area contributed by atoms with Gasteiger partial charge in [-0.05, 0) is 36.6 Å². The minimum atomic E-state index is -3.54. The zero-order valence-corrected chi connectivity index (χ0v) is 17.3. The maximum absolute atomic E-state index is 12.5. The molecule has 0 fully saturated rings. The number of ether oxygens (including phenoxy) is 2. The number of hydrogen-bond donors (Lipinski definition) is 1. The lowest BCUT2D eigenvalue weighted by molar-refractivity contribution is -0.107. The van der Waals surface area contributed by atoms with Crippen molar-refractivity contribution in [2.45, 2.75) is 36.9 Å². The van der Waals surface area contributed by atoms with Crippen LogP contribution in [0.3, 0.4) is 0 Å². The van der Waals surface area contributed by atoms with Gasteiger partial charge in [-0.25, -0.2) is 13.1 Å². The molecular weight excluding hydrogens is 374 g/mol. The van der Waals surface area contributed by atoms with E-state index in [9.17, 15) is 8.42 Å². The maximum Gasteiger partial charge on any atom is 0.240 e. The van der Waals surface area contributed by atoms with E-state index in [4.69, 9.17) is 15.9 Å². The summed E-state index contributed by atoms with van der Waals surface area (Å²) in [6.45, 7) is 2.20. The highest BCUT2D eigenvalue weighted by atomic mass is 32.2. The summed E-state index contributed by atoms with van der Waals surface area (Å²) < 4.78 is 38.1. The van der Waals surface area contributed by atoms with Gasteiger partial charge in [-0.1, -0.05) is 47.9 Å². The van der Waals surface area contributed by atoms with Gasteiger partial charge in [-0.15, -0.1) is 6.42 Å². The molecule has 0 amide bonds. The predicted molar refractivity (Wildman–Crippen MR) is 111 cm³/mol. The lowest BCUT2D eigenvalue weighted by atomic mass is 9.90. The molecule has 0 aliphatic heterocycles. The first-order valence-electron chi connectivity index (χ1n) is 9.07. The standard InChI is InChI=1S/C22H27NO4S/c1-5-18(16-22(26-3)27-4)21-9-7-6-8-19(21)14-15-23-28(24,25)20-12-10-17(2)11-13-20/h1,6-13,18,22-23H,14-16H2,2-4H3. The van der Waals surface area contributed by atoms with E-state index in [2.05, 4.69) is 10.6 Å². The van der Waals surface area contributed by atoms with Gasteiger partial charge in [0.15, 0.2) is 6.29 Å². The van der Waals surface area contributed by atoms with Crippen LogP contribution >= 0.6 is 0 Å². The summed E-state index contributed by atoms with van der Waals surface area (Å²) in [6.07, 6.45) is 6.41. The highest BCUT2D eigenvalue weighted by Gasteiger charge is 2.19. The number of rotatable bonds is 10. The first-order valence-corrected chi connectivity index (χ1v) is 10.6. The van der Waals surface area contributed by atoms with Gasteiger partial charge in [-0.2, -0.15) is 0 Å². The summed E-state index contributed by atoms with van der Waals surface area (Å²) in [5.41, 5.74) is 3.00. The molecule has 5 nitrogen and oxygen atoms in total. The third-order valence-electron chi connectivity index (χ3n) is 4.60. The Bertz CT molecular complexity index is 897. The van der Waals surface area contributed by atoms with E-state index in [1.54, 1.807) is 38.5 Å². The molecule has 6 heteroatoms. The Labute approximate surface area is 168 Å². The normalized spacial score (nSPS) is 12.7. The number of aryl methyl sites for hydroxylation is 1. The van der Waals surface area contributed by atoms with Crippen LogP contribution in [-0.4, -0.2) is 35.5 Å². The molecule has 0 aromatic heterocycles. The van der Waals surface area contributed by atoms with Crippen LogP contribution in [0.25, 0.3) is 0 Å². The van der Waals surface area contributed by atoms with Crippen LogP contribution in [0, 0.1) is 19.3 Å². The molecule has 0 spiro atoms. The highest BCUT2D eigenvalue weighted by Crippen LogP contribution is 2.25. The number of sulfonamides is 1. The molecule has 0 radical (unpaired) electrons. The number of benzene rings is 2. The van der Waals surface area contributed by atoms with Gasteiger partial charge >= 0.3 is 0 Å². The van der Waals surface area contributed by atoms with Crippen LogP contribution in [0.1, 0.15) is 29.0 Å². The molecule has 2 rings (SSSR count). The number of hydrogen-bond acceptors (Lipinski definition) is 4. The Hall–Kier alpha value is -2.17. The summed E-state index contributed by atoms with van der Waals surface area (Å²) in [5, 5.41) is 0. The van der Waals surface area contributed by atoms with E-state index in [1.807, 2.05) is 31.2 Å². The van der Waals surface area contributed by atoms with Crippen LogP contribution in [0.15, 0.2) is 53.4 Å². The summed E-state index contributed by atoms with van der Waals surface area (Å²) in [5.74, 6) is 2.61. The van der Waals surface area contributed by atoms with Gasteiger partial charge in [0.25, 0.3) is 0 Å². The second kappa shape index (κ2) is 10.4. The predicted octanol–water partition coefficient (Wildman–Crippen LogP) is 3.24. The summed E-state index contributed by atoms with van der Waals surface area (Å²) >= 11 is 0. The van der Waals surface area contributed by atoms with Crippen molar-refractivity contribution < 1.29 is 17.9 Å². The fourth-order valence-corrected chi connectivity index (χ4v) is 4.02. The van der Waals surface area contributed by atoms with Gasteiger partial charge in [0.2, 0.25) is 10.0 Å². The fraction of sp³-hybridized carbons (Fsp3) is 0.364. The molecule has 28 heavy (non-hydrogen) atoms. The molecule has 0 aliphatic rings. The smallest absolute Gasteiger partial charge is 0.240 e. The van der Waals surface area contributed by atoms with Crippen molar-refractivity contribution in [2.75, 3.05) is 20.8 Å². The highest BCUT2D eigenvalue weighted by molar-refractivity contribution is 7.89. The molecular formula is C22H27NO4S. The maximum atomic E-state index is 12.5. The van der Waals surface area contributed by atoms with Crippen LogP contribution in [0.2, 0.25) is 0 Å². The van der Waals surface area contributed by atoms with Gasteiger partial charge in [0.05, 0.1) is 10.8 Å². The first kappa shape index (κ1) is 22.1. The van der Waals surface area contributed by atoms with Crippen molar-refractivity contribution >= 4 is 10.0 Å². The Kier molecular flexibility index (Phi) is 8.21. The monoisotopic (exact) mass is 401 g/mol. The van der Waals surface area contributed by atoms with Crippen LogP contribution in [0.5, 0.6) is 0 Å². The quantitative estimate of drug-likeness (QED) is 0.490. The lowest BCUT2D eigenvalue weighted by Crippen LogP contribution is -2.26. The molecule has 1 N–H and O–H groups in total. The van der Waals surface area contributed by atoms with E-state index >= 15 is 0 Å². The van der Waals surface area contributed by atoms with E-state index < -0.39 is 16.3 Å². The number of terminal acetylenes is 1. The molecule has 1 unspecified atom stereocenters. The fourth-order valence-electron chi connectivity index (χ4n) is 2.99.